The number of hydrogen-bond donors (Lipinski definition) is 1. The van der Waals surface area contributed by atoms with Crippen LogP contribution in [0.1, 0.15) is 44.8 Å². The van der Waals surface area contributed by atoms with E-state index in [-0.39, 0.29) is 16.7 Å². The quantitative estimate of drug-likeness (QED) is 0.745. The summed E-state index contributed by atoms with van der Waals surface area (Å²) in [6.07, 6.45) is 3.50. The van der Waals surface area contributed by atoms with Gasteiger partial charge in [0.05, 0.1) is 5.92 Å². The Balaban J connectivity index is 1.83. The molecule has 0 bridgehead atoms. The first-order chi connectivity index (χ1) is 11.8. The van der Waals surface area contributed by atoms with Gasteiger partial charge in [0.2, 0.25) is 0 Å². The van der Waals surface area contributed by atoms with Crippen LogP contribution in [-0.4, -0.2) is 11.1 Å². The van der Waals surface area contributed by atoms with Gasteiger partial charge in [-0.2, -0.15) is 0 Å². The van der Waals surface area contributed by atoms with Crippen LogP contribution in [0.15, 0.2) is 58.5 Å². The largest absolute Gasteiger partial charge is 0.481 e. The van der Waals surface area contributed by atoms with E-state index in [4.69, 9.17) is 4.42 Å². The summed E-state index contributed by atoms with van der Waals surface area (Å²) in [4.78, 5) is 11.8. The van der Waals surface area contributed by atoms with Crippen molar-refractivity contribution in [3.8, 4) is 0 Å². The Labute approximate surface area is 149 Å². The lowest BCUT2D eigenvalue weighted by Gasteiger charge is -2.15. The number of carboxylic acid groups (broad SMARTS) is 1. The van der Waals surface area contributed by atoms with E-state index >= 15 is 0 Å². The van der Waals surface area contributed by atoms with Gasteiger partial charge in [0.25, 0.3) is 0 Å². The molecule has 1 heterocycles. The summed E-state index contributed by atoms with van der Waals surface area (Å²) in [7, 11) is 0. The predicted molar refractivity (Wildman–Crippen MR) is 98.4 cm³/mol. The van der Waals surface area contributed by atoms with Crippen LogP contribution in [0, 0.1) is 16.7 Å². The van der Waals surface area contributed by atoms with Crippen LogP contribution < -0.4 is 0 Å². The van der Waals surface area contributed by atoms with E-state index in [0.717, 1.165) is 23.5 Å². The zero-order valence-electron chi connectivity index (χ0n) is 15.4. The molecule has 1 aromatic carbocycles. The highest BCUT2D eigenvalue weighted by atomic mass is 16.4. The van der Waals surface area contributed by atoms with Gasteiger partial charge in [-0.15, -0.1) is 0 Å². The van der Waals surface area contributed by atoms with E-state index in [1.807, 2.05) is 58.0 Å². The van der Waals surface area contributed by atoms with Gasteiger partial charge < -0.3 is 9.52 Å². The molecule has 1 aromatic heterocycles. The number of carbonyl (C=O) groups is 1. The van der Waals surface area contributed by atoms with Crippen LogP contribution in [0.25, 0.3) is 0 Å². The van der Waals surface area contributed by atoms with Crippen molar-refractivity contribution in [2.24, 2.45) is 16.7 Å². The van der Waals surface area contributed by atoms with Crippen LogP contribution in [0.2, 0.25) is 0 Å². The van der Waals surface area contributed by atoms with Crippen LogP contribution in [0.5, 0.6) is 0 Å². The van der Waals surface area contributed by atoms with Crippen molar-refractivity contribution in [2.45, 2.75) is 40.5 Å². The first-order valence-electron chi connectivity index (χ1n) is 8.76. The maximum atomic E-state index is 11.8. The Morgan fingerprint density at radius 2 is 1.76 bits per heavy atom. The topological polar surface area (TPSA) is 50.4 Å². The number of hydrogen-bond acceptors (Lipinski definition) is 2. The molecular formula is C22H26O3. The summed E-state index contributed by atoms with van der Waals surface area (Å²) < 4.78 is 6.04. The normalized spacial score (nSPS) is 23.9. The summed E-state index contributed by atoms with van der Waals surface area (Å²) in [6, 6.07) is 14.2. The third kappa shape index (κ3) is 3.15. The number of aliphatic carboxylic acids is 1. The molecule has 1 saturated carbocycles. The van der Waals surface area contributed by atoms with Crippen molar-refractivity contribution >= 4 is 5.97 Å². The molecule has 3 heteroatoms. The minimum atomic E-state index is -0.724. The van der Waals surface area contributed by atoms with Crippen molar-refractivity contribution in [3.05, 3.63) is 71.2 Å². The minimum absolute atomic E-state index is 0.275. The van der Waals surface area contributed by atoms with Gasteiger partial charge in [-0.1, -0.05) is 55.8 Å². The van der Waals surface area contributed by atoms with Gasteiger partial charge in [-0.25, -0.2) is 0 Å². The van der Waals surface area contributed by atoms with E-state index < -0.39 is 5.97 Å². The fraction of sp³-hybridized carbons (Fsp3) is 0.409. The molecule has 3 nitrogen and oxygen atoms in total. The number of furan rings is 1. The fourth-order valence-electron chi connectivity index (χ4n) is 4.28. The summed E-state index contributed by atoms with van der Waals surface area (Å²) in [6.45, 7) is 8.13. The second-order valence-corrected chi connectivity index (χ2v) is 7.96. The number of benzene rings is 1. The van der Waals surface area contributed by atoms with Crippen LogP contribution in [0.3, 0.4) is 0 Å². The smallest absolute Gasteiger partial charge is 0.307 e. The molecule has 0 aliphatic heterocycles. The second kappa shape index (κ2) is 6.21. The van der Waals surface area contributed by atoms with Gasteiger partial charge in [0.15, 0.2) is 0 Å². The first-order valence-corrected chi connectivity index (χ1v) is 8.76. The second-order valence-electron chi connectivity index (χ2n) is 7.96. The molecule has 1 aliphatic rings. The van der Waals surface area contributed by atoms with Gasteiger partial charge in [-0.05, 0) is 37.0 Å². The lowest BCUT2D eigenvalue weighted by atomic mass is 9.89. The average molecular weight is 338 g/mol. The zero-order chi connectivity index (χ0) is 18.2. The standard InChI is InChI=1S/C22H26O3/c1-15(2)13-22(19(20(23)24)21(22,3)4)14-18-11-10-17(25-18)12-16-8-6-5-7-9-16/h5-11,13,19H,12,14H2,1-4H3,(H,23,24). The van der Waals surface area contributed by atoms with Crippen molar-refractivity contribution in [1.82, 2.24) is 0 Å². The van der Waals surface area contributed by atoms with Crippen LogP contribution >= 0.6 is 0 Å². The molecule has 2 aromatic rings. The van der Waals surface area contributed by atoms with E-state index in [1.54, 1.807) is 0 Å². The Kier molecular flexibility index (Phi) is 4.36. The molecule has 2 atom stereocenters. The van der Waals surface area contributed by atoms with Gasteiger partial charge >= 0.3 is 5.97 Å². The minimum Gasteiger partial charge on any atom is -0.481 e. The Hall–Kier alpha value is -2.29. The summed E-state index contributed by atoms with van der Waals surface area (Å²) in [5.41, 5.74) is 1.70. The number of rotatable bonds is 6. The van der Waals surface area contributed by atoms with Crippen molar-refractivity contribution in [3.63, 3.8) is 0 Å². The Bertz CT molecular complexity index is 794. The third-order valence-corrected chi connectivity index (χ3v) is 5.55. The molecule has 1 N–H and O–H groups in total. The summed E-state index contributed by atoms with van der Waals surface area (Å²) in [5.74, 6) is 0.676. The maximum absolute atomic E-state index is 11.8. The fourth-order valence-corrected chi connectivity index (χ4v) is 4.28. The molecule has 25 heavy (non-hydrogen) atoms. The number of allylic oxidation sites excluding steroid dienone is 2. The van der Waals surface area contributed by atoms with Crippen molar-refractivity contribution in [1.29, 1.82) is 0 Å². The van der Waals surface area contributed by atoms with Crippen molar-refractivity contribution in [2.75, 3.05) is 0 Å². The van der Waals surface area contributed by atoms with E-state index in [0.29, 0.717) is 6.42 Å². The Morgan fingerprint density at radius 3 is 2.32 bits per heavy atom. The molecule has 2 unspecified atom stereocenters. The highest BCUT2D eigenvalue weighted by molar-refractivity contribution is 5.78. The van der Waals surface area contributed by atoms with Gasteiger partial charge in [0, 0.05) is 18.3 Å². The summed E-state index contributed by atoms with van der Waals surface area (Å²) in [5, 5.41) is 9.66. The monoisotopic (exact) mass is 338 g/mol. The molecule has 1 aliphatic carbocycles. The highest BCUT2D eigenvalue weighted by Crippen LogP contribution is 2.71. The van der Waals surface area contributed by atoms with Gasteiger partial charge in [-0.3, -0.25) is 4.79 Å². The molecule has 1 fully saturated rings. The average Bonchev–Trinajstić information content (AvgIpc) is 2.80. The van der Waals surface area contributed by atoms with E-state index in [2.05, 4.69) is 18.2 Å². The third-order valence-electron chi connectivity index (χ3n) is 5.55. The highest BCUT2D eigenvalue weighted by Gasteiger charge is 2.73. The van der Waals surface area contributed by atoms with Gasteiger partial charge in [0.1, 0.15) is 11.5 Å². The maximum Gasteiger partial charge on any atom is 0.307 e. The molecule has 0 saturated heterocycles. The van der Waals surface area contributed by atoms with E-state index in [9.17, 15) is 9.90 Å². The van der Waals surface area contributed by atoms with Crippen LogP contribution in [-0.2, 0) is 17.6 Å². The molecule has 0 radical (unpaired) electrons. The number of carboxylic acids is 1. The molecule has 132 valence electrons. The van der Waals surface area contributed by atoms with Crippen molar-refractivity contribution < 1.29 is 14.3 Å². The van der Waals surface area contributed by atoms with E-state index in [1.165, 1.54) is 5.56 Å². The summed E-state index contributed by atoms with van der Waals surface area (Å²) >= 11 is 0. The lowest BCUT2D eigenvalue weighted by molar-refractivity contribution is -0.139. The molecular weight excluding hydrogens is 312 g/mol. The van der Waals surface area contributed by atoms with Crippen LogP contribution in [0.4, 0.5) is 0 Å². The first kappa shape index (κ1) is 17.5. The molecule has 3 rings (SSSR count). The Morgan fingerprint density at radius 1 is 1.12 bits per heavy atom. The molecule has 0 spiro atoms. The molecule has 0 amide bonds. The SMILES string of the molecule is CC(C)=CC1(Cc2ccc(Cc3ccccc3)o2)C(C(=O)O)C1(C)C. The lowest BCUT2D eigenvalue weighted by Crippen LogP contribution is -2.12. The predicted octanol–water partition coefficient (Wildman–Crippen LogP) is 5.11. The zero-order valence-corrected chi connectivity index (χ0v) is 15.4.